The number of nitrogens with one attached hydrogen (secondary N) is 2. The molecule has 0 unspecified atom stereocenters. The van der Waals surface area contributed by atoms with E-state index in [4.69, 9.17) is 4.74 Å². The van der Waals surface area contributed by atoms with Crippen molar-refractivity contribution in [1.82, 2.24) is 10.6 Å². The molecular formula is C15H17N3O6. The zero-order chi connectivity index (χ0) is 18.0. The minimum atomic E-state index is -0.927. The number of benzene rings is 1. The molecule has 0 bridgehead atoms. The van der Waals surface area contributed by atoms with E-state index in [0.29, 0.717) is 5.70 Å². The van der Waals surface area contributed by atoms with Gasteiger partial charge < -0.3 is 20.5 Å². The number of allylic oxidation sites excluding steroid dienone is 1. The van der Waals surface area contributed by atoms with E-state index in [1.807, 2.05) is 0 Å². The smallest absolute Gasteiger partial charge is 0.338 e. The van der Waals surface area contributed by atoms with Crippen LogP contribution in [0.4, 0.5) is 10.5 Å². The van der Waals surface area contributed by atoms with Crippen LogP contribution < -0.4 is 10.6 Å². The number of urea groups is 1. The van der Waals surface area contributed by atoms with Gasteiger partial charge in [-0.05, 0) is 32.4 Å². The molecule has 1 aliphatic rings. The monoisotopic (exact) mass is 335 g/mol. The predicted molar refractivity (Wildman–Crippen MR) is 83.1 cm³/mol. The quantitative estimate of drug-likeness (QED) is 0.437. The third-order valence-electron chi connectivity index (χ3n) is 3.36. The standard InChI is InChI=1S/C15H17N3O6/c1-7(2)24-14(20)12-8(3)16-15(21)17-13(12)9-4-5-11(19)10(6-9)18(22)23/h4-7,13,19H,1-3H3,(H2,16,17,21)/t13-/m1/s1. The normalized spacial score (nSPS) is 17.3. The Morgan fingerprint density at radius 1 is 1.42 bits per heavy atom. The lowest BCUT2D eigenvalue weighted by Gasteiger charge is -2.28. The number of nitro groups is 1. The van der Waals surface area contributed by atoms with Gasteiger partial charge >= 0.3 is 17.7 Å². The number of rotatable bonds is 4. The molecule has 9 heteroatoms. The molecule has 0 saturated heterocycles. The lowest BCUT2D eigenvalue weighted by atomic mass is 9.95. The van der Waals surface area contributed by atoms with Gasteiger partial charge in [0.1, 0.15) is 0 Å². The molecule has 24 heavy (non-hydrogen) atoms. The average Bonchev–Trinajstić information content (AvgIpc) is 2.45. The van der Waals surface area contributed by atoms with Crippen molar-refractivity contribution >= 4 is 17.7 Å². The first-order valence-corrected chi connectivity index (χ1v) is 7.17. The summed E-state index contributed by atoms with van der Waals surface area (Å²) >= 11 is 0. The lowest BCUT2D eigenvalue weighted by Crippen LogP contribution is -2.45. The first kappa shape index (κ1) is 17.3. The van der Waals surface area contributed by atoms with Gasteiger partial charge in [0.2, 0.25) is 0 Å². The minimum Gasteiger partial charge on any atom is -0.502 e. The molecule has 0 spiro atoms. The van der Waals surface area contributed by atoms with Crippen LogP contribution in [0.3, 0.4) is 0 Å². The van der Waals surface area contributed by atoms with Crippen LogP contribution in [0.15, 0.2) is 29.5 Å². The number of carbonyl (C=O) groups is 2. The number of ether oxygens (including phenoxy) is 1. The highest BCUT2D eigenvalue weighted by Gasteiger charge is 2.33. The maximum Gasteiger partial charge on any atom is 0.338 e. The number of nitro benzene ring substituents is 1. The maximum absolute atomic E-state index is 12.3. The Morgan fingerprint density at radius 2 is 2.08 bits per heavy atom. The van der Waals surface area contributed by atoms with Crippen molar-refractivity contribution in [1.29, 1.82) is 0 Å². The van der Waals surface area contributed by atoms with Crippen LogP contribution in [-0.2, 0) is 9.53 Å². The van der Waals surface area contributed by atoms with Crippen LogP contribution in [-0.4, -0.2) is 28.1 Å². The van der Waals surface area contributed by atoms with E-state index >= 15 is 0 Å². The molecule has 1 aliphatic heterocycles. The molecule has 0 aliphatic carbocycles. The van der Waals surface area contributed by atoms with Gasteiger partial charge in [0, 0.05) is 11.8 Å². The third kappa shape index (κ3) is 3.45. The molecule has 1 heterocycles. The largest absolute Gasteiger partial charge is 0.502 e. The second kappa shape index (κ2) is 6.57. The highest BCUT2D eigenvalue weighted by molar-refractivity contribution is 5.95. The summed E-state index contributed by atoms with van der Waals surface area (Å²) in [5, 5.41) is 25.6. The second-order valence-corrected chi connectivity index (χ2v) is 5.53. The van der Waals surface area contributed by atoms with Crippen molar-refractivity contribution in [3.63, 3.8) is 0 Å². The summed E-state index contributed by atoms with van der Waals surface area (Å²) in [7, 11) is 0. The molecule has 1 aromatic carbocycles. The molecule has 9 nitrogen and oxygen atoms in total. The fourth-order valence-corrected chi connectivity index (χ4v) is 2.36. The van der Waals surface area contributed by atoms with E-state index in [9.17, 15) is 24.8 Å². The number of carbonyl (C=O) groups excluding carboxylic acids is 2. The van der Waals surface area contributed by atoms with Crippen molar-refractivity contribution in [3.8, 4) is 5.75 Å². The van der Waals surface area contributed by atoms with E-state index in [1.54, 1.807) is 13.8 Å². The number of esters is 1. The van der Waals surface area contributed by atoms with Gasteiger partial charge in [0.15, 0.2) is 5.75 Å². The highest BCUT2D eigenvalue weighted by Crippen LogP contribution is 2.33. The van der Waals surface area contributed by atoms with Crippen LogP contribution in [0.25, 0.3) is 0 Å². The number of phenols is 1. The van der Waals surface area contributed by atoms with Crippen molar-refractivity contribution in [2.75, 3.05) is 0 Å². The number of nitrogens with zero attached hydrogens (tertiary/aromatic N) is 1. The predicted octanol–water partition coefficient (Wildman–Crippen LogP) is 1.88. The van der Waals surface area contributed by atoms with Gasteiger partial charge in [-0.15, -0.1) is 0 Å². The Kier molecular flexibility index (Phi) is 4.72. The molecule has 1 atom stereocenters. The van der Waals surface area contributed by atoms with E-state index in [0.717, 1.165) is 12.1 Å². The molecule has 0 fully saturated rings. The molecular weight excluding hydrogens is 318 g/mol. The first-order chi connectivity index (χ1) is 11.2. The maximum atomic E-state index is 12.3. The minimum absolute atomic E-state index is 0.142. The fourth-order valence-electron chi connectivity index (χ4n) is 2.36. The molecule has 0 radical (unpaired) electrons. The Labute approximate surface area is 137 Å². The van der Waals surface area contributed by atoms with Crippen molar-refractivity contribution in [2.45, 2.75) is 32.9 Å². The topological polar surface area (TPSA) is 131 Å². The first-order valence-electron chi connectivity index (χ1n) is 7.17. The van der Waals surface area contributed by atoms with Crippen LogP contribution in [0.1, 0.15) is 32.4 Å². The summed E-state index contributed by atoms with van der Waals surface area (Å²) in [6.45, 7) is 4.91. The summed E-state index contributed by atoms with van der Waals surface area (Å²) in [4.78, 5) is 34.3. The van der Waals surface area contributed by atoms with Gasteiger partial charge in [-0.2, -0.15) is 0 Å². The van der Waals surface area contributed by atoms with Crippen molar-refractivity contribution < 1.29 is 24.4 Å². The summed E-state index contributed by atoms with van der Waals surface area (Å²) in [6.07, 6.45) is -0.370. The van der Waals surface area contributed by atoms with Crippen molar-refractivity contribution in [2.24, 2.45) is 0 Å². The summed E-state index contributed by atoms with van der Waals surface area (Å²) < 4.78 is 5.18. The van der Waals surface area contributed by atoms with E-state index in [2.05, 4.69) is 10.6 Å². The van der Waals surface area contributed by atoms with Crippen LogP contribution in [0, 0.1) is 10.1 Å². The van der Waals surface area contributed by atoms with Crippen LogP contribution >= 0.6 is 0 Å². The van der Waals surface area contributed by atoms with E-state index < -0.39 is 34.4 Å². The Balaban J connectivity index is 2.51. The zero-order valence-corrected chi connectivity index (χ0v) is 13.3. The molecule has 2 rings (SSSR count). The summed E-state index contributed by atoms with van der Waals surface area (Å²) in [5.41, 5.74) is 0.201. The average molecular weight is 335 g/mol. The molecule has 1 aromatic rings. The van der Waals surface area contributed by atoms with E-state index in [1.165, 1.54) is 13.0 Å². The zero-order valence-electron chi connectivity index (χ0n) is 13.3. The third-order valence-corrected chi connectivity index (χ3v) is 3.36. The van der Waals surface area contributed by atoms with Crippen LogP contribution in [0.5, 0.6) is 5.75 Å². The molecule has 0 saturated carbocycles. The number of aromatic hydroxyl groups is 1. The van der Waals surface area contributed by atoms with Gasteiger partial charge in [0.05, 0.1) is 22.6 Å². The fraction of sp³-hybridized carbons (Fsp3) is 0.333. The van der Waals surface area contributed by atoms with E-state index in [-0.39, 0.29) is 17.2 Å². The number of phenolic OH excluding ortho intramolecular Hbond substituents is 1. The number of amides is 2. The van der Waals surface area contributed by atoms with Gasteiger partial charge in [-0.1, -0.05) is 6.07 Å². The number of hydrogen-bond acceptors (Lipinski definition) is 6. The summed E-state index contributed by atoms with van der Waals surface area (Å²) in [6, 6.07) is 2.18. The Bertz CT molecular complexity index is 741. The molecule has 128 valence electrons. The SMILES string of the molecule is CC1=C(C(=O)OC(C)C)[C@@H](c2ccc(O)c([N+](=O)[O-])c2)NC(=O)N1. The molecule has 2 amide bonds. The Hall–Kier alpha value is -3.10. The number of hydrogen-bond donors (Lipinski definition) is 3. The van der Waals surface area contributed by atoms with Crippen LogP contribution in [0.2, 0.25) is 0 Å². The van der Waals surface area contributed by atoms with Crippen molar-refractivity contribution in [3.05, 3.63) is 45.1 Å². The van der Waals surface area contributed by atoms with Gasteiger partial charge in [0.25, 0.3) is 0 Å². The second-order valence-electron chi connectivity index (χ2n) is 5.53. The molecule has 0 aromatic heterocycles. The molecule has 3 N–H and O–H groups in total. The lowest BCUT2D eigenvalue weighted by molar-refractivity contribution is -0.385. The summed E-state index contributed by atoms with van der Waals surface area (Å²) in [5.74, 6) is -1.15. The van der Waals surface area contributed by atoms with Gasteiger partial charge in [-0.3, -0.25) is 10.1 Å². The highest BCUT2D eigenvalue weighted by atomic mass is 16.6. The van der Waals surface area contributed by atoms with Gasteiger partial charge in [-0.25, -0.2) is 9.59 Å². The Morgan fingerprint density at radius 3 is 2.67 bits per heavy atom.